The van der Waals surface area contributed by atoms with Gasteiger partial charge >= 0.3 is 0 Å². The van der Waals surface area contributed by atoms with Gasteiger partial charge in [0.05, 0.1) is 5.60 Å². The van der Waals surface area contributed by atoms with Gasteiger partial charge in [0.1, 0.15) is 0 Å². The number of rotatable bonds is 7. The lowest BCUT2D eigenvalue weighted by molar-refractivity contribution is 0.0268. The quantitative estimate of drug-likeness (QED) is 0.439. The summed E-state index contributed by atoms with van der Waals surface area (Å²) in [5.41, 5.74) is -0.223. The first-order valence-electron chi connectivity index (χ1n) is 6.75. The third-order valence-corrected chi connectivity index (χ3v) is 2.89. The number of hydrogen-bond donors (Lipinski definition) is 2. The van der Waals surface area contributed by atoms with Gasteiger partial charge in [-0.1, -0.05) is 5.16 Å². The number of nitrogens with one attached hydrogen (secondary N) is 2. The molecule has 0 aliphatic carbocycles. The number of hydrogen-bond acceptors (Lipinski definition) is 5. The highest BCUT2D eigenvalue weighted by atomic mass is 16.5. The summed E-state index contributed by atoms with van der Waals surface area (Å²) in [4.78, 5) is 8.32. The molecule has 1 aromatic heterocycles. The lowest BCUT2D eigenvalue weighted by Gasteiger charge is -2.24. The van der Waals surface area contributed by atoms with Crippen molar-refractivity contribution in [2.75, 3.05) is 27.2 Å². The Kier molecular flexibility index (Phi) is 6.44. The van der Waals surface area contributed by atoms with Gasteiger partial charge in [0.25, 0.3) is 0 Å². The molecule has 0 aliphatic heterocycles. The number of aromatic nitrogens is 2. The first-order valence-corrected chi connectivity index (χ1v) is 6.75. The molecule has 0 aliphatic rings. The highest BCUT2D eigenvalue weighted by Gasteiger charge is 2.16. The molecule has 0 unspecified atom stereocenters. The maximum atomic E-state index is 5.35. The van der Waals surface area contributed by atoms with E-state index in [0.717, 1.165) is 25.3 Å². The number of nitrogens with zero attached hydrogens (tertiary/aromatic N) is 3. The Labute approximate surface area is 120 Å². The van der Waals surface area contributed by atoms with Crippen LogP contribution in [0.15, 0.2) is 9.52 Å². The minimum atomic E-state index is -0.223. The zero-order valence-electron chi connectivity index (χ0n) is 13.0. The van der Waals surface area contributed by atoms with Crippen molar-refractivity contribution >= 4 is 5.96 Å². The van der Waals surface area contributed by atoms with Gasteiger partial charge in [-0.15, -0.1) is 0 Å². The molecular formula is C13H25N5O2. The number of ether oxygens (including phenoxy) is 1. The molecule has 0 atom stereocenters. The van der Waals surface area contributed by atoms with Crippen LogP contribution in [0.5, 0.6) is 0 Å². The van der Waals surface area contributed by atoms with E-state index in [0.29, 0.717) is 18.3 Å². The Balaban J connectivity index is 2.22. The molecule has 20 heavy (non-hydrogen) atoms. The summed E-state index contributed by atoms with van der Waals surface area (Å²) in [5.74, 6) is 2.11. The van der Waals surface area contributed by atoms with E-state index >= 15 is 0 Å². The van der Waals surface area contributed by atoms with Gasteiger partial charge in [0.15, 0.2) is 11.8 Å². The predicted octanol–water partition coefficient (Wildman–Crippen LogP) is 0.901. The fourth-order valence-electron chi connectivity index (χ4n) is 1.48. The third-order valence-electron chi connectivity index (χ3n) is 2.89. The largest absolute Gasteiger partial charge is 0.377 e. The van der Waals surface area contributed by atoms with Crippen molar-refractivity contribution in [3.8, 4) is 0 Å². The molecule has 0 aromatic carbocycles. The van der Waals surface area contributed by atoms with Crippen LogP contribution in [0.4, 0.5) is 0 Å². The van der Waals surface area contributed by atoms with Crippen molar-refractivity contribution < 1.29 is 9.26 Å². The lowest BCUT2D eigenvalue weighted by Crippen LogP contribution is -2.45. The maximum Gasteiger partial charge on any atom is 0.226 e. The highest BCUT2D eigenvalue weighted by Crippen LogP contribution is 2.04. The second kappa shape index (κ2) is 7.84. The topological polar surface area (TPSA) is 84.6 Å². The van der Waals surface area contributed by atoms with Gasteiger partial charge in [-0.05, 0) is 27.2 Å². The molecule has 0 amide bonds. The molecule has 1 rings (SSSR count). The van der Waals surface area contributed by atoms with Crippen LogP contribution in [0.3, 0.4) is 0 Å². The fourth-order valence-corrected chi connectivity index (χ4v) is 1.48. The maximum absolute atomic E-state index is 5.35. The van der Waals surface area contributed by atoms with Crippen molar-refractivity contribution in [3.63, 3.8) is 0 Å². The minimum Gasteiger partial charge on any atom is -0.377 e. The summed E-state index contributed by atoms with van der Waals surface area (Å²) in [5, 5.41) is 10.2. The van der Waals surface area contributed by atoms with E-state index in [1.165, 1.54) is 0 Å². The van der Waals surface area contributed by atoms with Gasteiger partial charge in [-0.2, -0.15) is 4.98 Å². The third kappa shape index (κ3) is 6.01. The summed E-state index contributed by atoms with van der Waals surface area (Å²) in [6, 6.07) is 0. The summed E-state index contributed by atoms with van der Waals surface area (Å²) in [6.45, 7) is 7.32. The molecule has 2 N–H and O–H groups in total. The Morgan fingerprint density at radius 1 is 1.40 bits per heavy atom. The van der Waals surface area contributed by atoms with Crippen molar-refractivity contribution in [2.45, 2.75) is 39.2 Å². The van der Waals surface area contributed by atoms with E-state index in [1.54, 1.807) is 14.2 Å². The molecule has 7 heteroatoms. The summed E-state index contributed by atoms with van der Waals surface area (Å²) < 4.78 is 10.4. The molecule has 0 saturated heterocycles. The molecule has 0 bridgehead atoms. The van der Waals surface area contributed by atoms with Crippen molar-refractivity contribution in [1.82, 2.24) is 20.8 Å². The van der Waals surface area contributed by atoms with E-state index in [9.17, 15) is 0 Å². The molecule has 0 spiro atoms. The smallest absolute Gasteiger partial charge is 0.226 e. The van der Waals surface area contributed by atoms with Crippen molar-refractivity contribution in [1.29, 1.82) is 0 Å². The first kappa shape index (κ1) is 16.4. The van der Waals surface area contributed by atoms with Crippen LogP contribution in [0.2, 0.25) is 0 Å². The summed E-state index contributed by atoms with van der Waals surface area (Å²) >= 11 is 0. The molecule has 114 valence electrons. The fraction of sp³-hybridized carbons (Fsp3) is 0.769. The standard InChI is InChI=1S/C13H25N5O2/c1-10-17-11(20-18-10)7-6-8-15-12(14-4)16-9-13(2,3)19-5/h6-9H2,1-5H3,(H2,14,15,16). The highest BCUT2D eigenvalue weighted by molar-refractivity contribution is 5.79. The summed E-state index contributed by atoms with van der Waals surface area (Å²) in [6.07, 6.45) is 1.66. The van der Waals surface area contributed by atoms with E-state index < -0.39 is 0 Å². The summed E-state index contributed by atoms with van der Waals surface area (Å²) in [7, 11) is 3.45. The van der Waals surface area contributed by atoms with Crippen LogP contribution in [-0.4, -0.2) is 48.9 Å². The minimum absolute atomic E-state index is 0.223. The SMILES string of the molecule is CN=C(NCCCc1nc(C)no1)NCC(C)(C)OC. The van der Waals surface area contributed by atoms with Crippen LogP contribution in [0, 0.1) is 6.92 Å². The van der Waals surface area contributed by atoms with E-state index in [1.807, 2.05) is 20.8 Å². The molecule has 0 saturated carbocycles. The van der Waals surface area contributed by atoms with Gasteiger partial charge < -0.3 is 19.9 Å². The van der Waals surface area contributed by atoms with Gasteiger partial charge in [-0.3, -0.25) is 4.99 Å². The van der Waals surface area contributed by atoms with Crippen LogP contribution < -0.4 is 10.6 Å². The normalized spacial score (nSPS) is 12.6. The lowest BCUT2D eigenvalue weighted by atomic mass is 10.1. The Morgan fingerprint density at radius 2 is 2.15 bits per heavy atom. The van der Waals surface area contributed by atoms with Gasteiger partial charge in [0, 0.05) is 33.7 Å². The second-order valence-electron chi connectivity index (χ2n) is 5.16. The van der Waals surface area contributed by atoms with E-state index in [2.05, 4.69) is 25.8 Å². The number of aryl methyl sites for hydroxylation is 2. The average Bonchev–Trinajstić information content (AvgIpc) is 2.83. The Hall–Kier alpha value is -1.63. The number of aliphatic imine (C=N–C) groups is 1. The second-order valence-corrected chi connectivity index (χ2v) is 5.16. The Bertz CT molecular complexity index is 428. The molecule has 1 aromatic rings. The van der Waals surface area contributed by atoms with Gasteiger partial charge in [0.2, 0.25) is 5.89 Å². The molecule has 1 heterocycles. The monoisotopic (exact) mass is 283 g/mol. The zero-order valence-corrected chi connectivity index (χ0v) is 13.0. The van der Waals surface area contributed by atoms with Crippen LogP contribution in [-0.2, 0) is 11.2 Å². The molecule has 0 fully saturated rings. The van der Waals surface area contributed by atoms with Crippen molar-refractivity contribution in [2.24, 2.45) is 4.99 Å². The van der Waals surface area contributed by atoms with Gasteiger partial charge in [-0.25, -0.2) is 0 Å². The van der Waals surface area contributed by atoms with Crippen LogP contribution in [0.1, 0.15) is 32.0 Å². The number of guanidine groups is 1. The predicted molar refractivity (Wildman–Crippen MR) is 77.8 cm³/mol. The van der Waals surface area contributed by atoms with Crippen LogP contribution in [0.25, 0.3) is 0 Å². The van der Waals surface area contributed by atoms with E-state index in [4.69, 9.17) is 9.26 Å². The van der Waals surface area contributed by atoms with Crippen molar-refractivity contribution in [3.05, 3.63) is 11.7 Å². The zero-order chi connectivity index (χ0) is 15.0. The number of methoxy groups -OCH3 is 1. The molecular weight excluding hydrogens is 258 g/mol. The Morgan fingerprint density at radius 3 is 2.70 bits per heavy atom. The molecule has 7 nitrogen and oxygen atoms in total. The molecule has 0 radical (unpaired) electrons. The van der Waals surface area contributed by atoms with Crippen LogP contribution >= 0.6 is 0 Å². The average molecular weight is 283 g/mol. The first-order chi connectivity index (χ1) is 9.46. The van der Waals surface area contributed by atoms with E-state index in [-0.39, 0.29) is 5.60 Å².